The maximum absolute atomic E-state index is 14.7. The first-order valence-corrected chi connectivity index (χ1v) is 11.3. The van der Waals surface area contributed by atoms with Gasteiger partial charge in [0.1, 0.15) is 23.0 Å². The third-order valence-corrected chi connectivity index (χ3v) is 6.57. The quantitative estimate of drug-likeness (QED) is 0.456. The number of hydrogen-bond donors (Lipinski definition) is 0. The first kappa shape index (κ1) is 21.0. The number of aryl methyl sites for hydroxylation is 1. The van der Waals surface area contributed by atoms with Gasteiger partial charge in [0.25, 0.3) is 5.56 Å². The predicted octanol–water partition coefficient (Wildman–Crippen LogP) is 3.84. The van der Waals surface area contributed by atoms with Crippen LogP contribution in [0.15, 0.2) is 41.6 Å². The summed E-state index contributed by atoms with van der Waals surface area (Å²) in [5, 5.41) is 8.85. The van der Waals surface area contributed by atoms with Gasteiger partial charge in [-0.2, -0.15) is 10.2 Å². The van der Waals surface area contributed by atoms with Crippen LogP contribution in [0.4, 0.5) is 8.78 Å². The zero-order valence-electron chi connectivity index (χ0n) is 18.5. The number of rotatable bonds is 4. The van der Waals surface area contributed by atoms with Gasteiger partial charge in [-0.15, -0.1) is 0 Å². The SMILES string of the molecule is Cn1ncc2c(-c3ccc(F)cc3F)nc(C3CCOC(c4cnn(C5CC5)c4)C3)nc2c1=O. The fourth-order valence-electron chi connectivity index (χ4n) is 4.51. The van der Waals surface area contributed by atoms with Crippen LogP contribution in [0.3, 0.4) is 0 Å². The lowest BCUT2D eigenvalue weighted by atomic mass is 9.92. The van der Waals surface area contributed by atoms with Crippen molar-refractivity contribution in [2.75, 3.05) is 6.61 Å². The Kier molecular flexibility index (Phi) is 4.98. The second kappa shape index (κ2) is 8.05. The highest BCUT2D eigenvalue weighted by atomic mass is 19.1. The highest BCUT2D eigenvalue weighted by Crippen LogP contribution is 2.39. The number of benzene rings is 1. The summed E-state index contributed by atoms with van der Waals surface area (Å²) in [6.07, 6.45) is 8.71. The number of halogens is 2. The van der Waals surface area contributed by atoms with Crippen LogP contribution in [0.1, 0.15) is 55.1 Å². The zero-order valence-corrected chi connectivity index (χ0v) is 18.5. The van der Waals surface area contributed by atoms with Gasteiger partial charge in [-0.25, -0.2) is 23.4 Å². The third-order valence-electron chi connectivity index (χ3n) is 6.57. The Morgan fingerprint density at radius 1 is 1.09 bits per heavy atom. The van der Waals surface area contributed by atoms with E-state index in [4.69, 9.17) is 4.74 Å². The molecule has 2 fully saturated rings. The Bertz CT molecular complexity index is 1460. The molecule has 0 bridgehead atoms. The maximum atomic E-state index is 14.7. The standard InChI is InChI=1S/C24H22F2N6O2/c1-31-24(33)22-18(11-27-31)21(17-5-2-15(25)9-19(17)26)29-23(30-22)13-6-7-34-20(8-13)14-10-28-32(12-14)16-3-4-16/h2,5,9-13,16,20H,3-4,6-8H2,1H3. The van der Waals surface area contributed by atoms with Crippen LogP contribution in [0.2, 0.25) is 0 Å². The molecule has 4 aromatic rings. The van der Waals surface area contributed by atoms with Crippen LogP contribution < -0.4 is 5.56 Å². The molecule has 4 heterocycles. The van der Waals surface area contributed by atoms with E-state index < -0.39 is 17.2 Å². The Morgan fingerprint density at radius 2 is 1.94 bits per heavy atom. The molecule has 6 rings (SSSR count). The predicted molar refractivity (Wildman–Crippen MR) is 119 cm³/mol. The van der Waals surface area contributed by atoms with Crippen LogP contribution in [-0.2, 0) is 11.8 Å². The van der Waals surface area contributed by atoms with E-state index in [0.717, 1.165) is 24.5 Å². The average molecular weight is 464 g/mol. The van der Waals surface area contributed by atoms with Crippen LogP contribution in [-0.4, -0.2) is 36.1 Å². The summed E-state index contributed by atoms with van der Waals surface area (Å²) >= 11 is 0. The molecule has 0 amide bonds. The summed E-state index contributed by atoms with van der Waals surface area (Å²) in [4.78, 5) is 22.2. The van der Waals surface area contributed by atoms with Gasteiger partial charge in [-0.1, -0.05) is 0 Å². The lowest BCUT2D eigenvalue weighted by Gasteiger charge is -2.28. The molecule has 10 heteroatoms. The van der Waals surface area contributed by atoms with Gasteiger partial charge in [0.15, 0.2) is 0 Å². The molecule has 8 nitrogen and oxygen atoms in total. The van der Waals surface area contributed by atoms with E-state index in [2.05, 4.69) is 20.2 Å². The molecule has 0 spiro atoms. The van der Waals surface area contributed by atoms with Crippen molar-refractivity contribution >= 4 is 10.9 Å². The maximum Gasteiger partial charge on any atom is 0.293 e. The van der Waals surface area contributed by atoms with Crippen LogP contribution in [0, 0.1) is 11.6 Å². The van der Waals surface area contributed by atoms with Crippen molar-refractivity contribution in [3.8, 4) is 11.3 Å². The normalized spacial score (nSPS) is 20.7. The Morgan fingerprint density at radius 3 is 2.74 bits per heavy atom. The number of ether oxygens (including phenoxy) is 1. The second-order valence-electron chi connectivity index (χ2n) is 8.96. The van der Waals surface area contributed by atoms with Crippen LogP contribution in [0.5, 0.6) is 0 Å². The minimum Gasteiger partial charge on any atom is -0.373 e. The summed E-state index contributed by atoms with van der Waals surface area (Å²) in [6, 6.07) is 3.78. The van der Waals surface area contributed by atoms with Crippen molar-refractivity contribution in [2.24, 2.45) is 7.05 Å². The number of nitrogens with zero attached hydrogens (tertiary/aromatic N) is 6. The molecule has 1 aliphatic carbocycles. The summed E-state index contributed by atoms with van der Waals surface area (Å²) in [6.45, 7) is 0.500. The van der Waals surface area contributed by atoms with Crippen molar-refractivity contribution in [1.29, 1.82) is 0 Å². The van der Waals surface area contributed by atoms with E-state index >= 15 is 0 Å². The summed E-state index contributed by atoms with van der Waals surface area (Å²) < 4.78 is 37.5. The van der Waals surface area contributed by atoms with Gasteiger partial charge in [-0.05, 0) is 37.8 Å². The fraction of sp³-hybridized carbons (Fsp3) is 0.375. The molecule has 34 heavy (non-hydrogen) atoms. The molecule has 0 radical (unpaired) electrons. The van der Waals surface area contributed by atoms with Crippen molar-refractivity contribution < 1.29 is 13.5 Å². The molecule has 0 N–H and O–H groups in total. The lowest BCUT2D eigenvalue weighted by molar-refractivity contribution is 0.00397. The van der Waals surface area contributed by atoms with E-state index in [1.165, 1.54) is 30.1 Å². The van der Waals surface area contributed by atoms with Gasteiger partial charge < -0.3 is 4.74 Å². The van der Waals surface area contributed by atoms with Crippen LogP contribution in [0.25, 0.3) is 22.2 Å². The monoisotopic (exact) mass is 464 g/mol. The van der Waals surface area contributed by atoms with Crippen molar-refractivity contribution in [2.45, 2.75) is 43.7 Å². The summed E-state index contributed by atoms with van der Waals surface area (Å²) in [5.41, 5.74) is 1.08. The van der Waals surface area contributed by atoms with Gasteiger partial charge in [0, 0.05) is 43.0 Å². The molecule has 1 aromatic carbocycles. The highest BCUT2D eigenvalue weighted by molar-refractivity contribution is 5.91. The molecule has 2 aliphatic rings. The molecule has 1 aliphatic heterocycles. The molecule has 174 valence electrons. The Labute approximate surface area is 193 Å². The molecular weight excluding hydrogens is 442 g/mol. The topological polar surface area (TPSA) is 87.7 Å². The molecule has 1 saturated carbocycles. The highest BCUT2D eigenvalue weighted by Gasteiger charge is 2.31. The van der Waals surface area contributed by atoms with Gasteiger partial charge in [0.05, 0.1) is 35.6 Å². The van der Waals surface area contributed by atoms with Crippen molar-refractivity contribution in [1.82, 2.24) is 29.5 Å². The molecule has 3 aromatic heterocycles. The van der Waals surface area contributed by atoms with E-state index in [1.54, 1.807) is 0 Å². The minimum atomic E-state index is -0.760. The first-order chi connectivity index (χ1) is 16.5. The smallest absolute Gasteiger partial charge is 0.293 e. The third kappa shape index (κ3) is 3.67. The van der Waals surface area contributed by atoms with Gasteiger partial charge >= 0.3 is 0 Å². The average Bonchev–Trinajstić information content (AvgIpc) is 3.57. The van der Waals surface area contributed by atoms with E-state index in [0.29, 0.717) is 36.7 Å². The largest absolute Gasteiger partial charge is 0.373 e. The lowest BCUT2D eigenvalue weighted by Crippen LogP contribution is -2.24. The molecular formula is C24H22F2N6O2. The Balaban J connectivity index is 1.43. The fourth-order valence-corrected chi connectivity index (χ4v) is 4.51. The van der Waals surface area contributed by atoms with Gasteiger partial charge in [-0.3, -0.25) is 9.48 Å². The zero-order chi connectivity index (χ0) is 23.4. The number of hydrogen-bond acceptors (Lipinski definition) is 6. The first-order valence-electron chi connectivity index (χ1n) is 11.3. The van der Waals surface area contributed by atoms with E-state index in [1.807, 2.05) is 17.1 Å². The number of fused-ring (bicyclic) bond motifs is 1. The van der Waals surface area contributed by atoms with Crippen molar-refractivity contribution in [3.63, 3.8) is 0 Å². The second-order valence-corrected chi connectivity index (χ2v) is 8.96. The van der Waals surface area contributed by atoms with Crippen LogP contribution >= 0.6 is 0 Å². The van der Waals surface area contributed by atoms with Crippen molar-refractivity contribution in [3.05, 3.63) is 70.2 Å². The van der Waals surface area contributed by atoms with E-state index in [-0.39, 0.29) is 28.8 Å². The minimum absolute atomic E-state index is 0.0967. The molecule has 2 atom stereocenters. The summed E-state index contributed by atoms with van der Waals surface area (Å²) in [7, 11) is 1.53. The molecule has 1 saturated heterocycles. The Hall–Kier alpha value is -3.53. The molecule has 2 unspecified atom stereocenters. The van der Waals surface area contributed by atoms with E-state index in [9.17, 15) is 13.6 Å². The summed E-state index contributed by atoms with van der Waals surface area (Å²) in [5.74, 6) is -1.11. The van der Waals surface area contributed by atoms with Gasteiger partial charge in [0.2, 0.25) is 0 Å². The number of aromatic nitrogens is 6.